The van der Waals surface area contributed by atoms with Crippen LogP contribution >= 0.6 is 35.2 Å². The molecule has 2 aromatic carbocycles. The number of aryl methyl sites for hydroxylation is 1. The fourth-order valence-corrected chi connectivity index (χ4v) is 6.80. The monoisotopic (exact) mass is 572 g/mol. The topological polar surface area (TPSA) is 58.3 Å². The van der Waals surface area contributed by atoms with Crippen LogP contribution in [0.1, 0.15) is 38.8 Å². The number of nitrogens with one attached hydrogen (secondary N) is 1. The van der Waals surface area contributed by atoms with E-state index in [1.165, 1.54) is 12.1 Å². The molecule has 38 heavy (non-hydrogen) atoms. The van der Waals surface area contributed by atoms with Crippen LogP contribution < -0.4 is 5.32 Å². The first-order chi connectivity index (χ1) is 18.2. The number of hydrogen-bond acceptors (Lipinski definition) is 5. The number of anilines is 1. The van der Waals surface area contributed by atoms with Gasteiger partial charge in [-0.2, -0.15) is 13.2 Å². The molecule has 194 valence electrons. The van der Waals surface area contributed by atoms with Crippen LogP contribution in [0, 0.1) is 6.92 Å². The van der Waals surface area contributed by atoms with Crippen molar-refractivity contribution >= 4 is 51.7 Å². The molecule has 0 radical (unpaired) electrons. The Bertz CT molecular complexity index is 1610. The van der Waals surface area contributed by atoms with Gasteiger partial charge in [-0.25, -0.2) is 0 Å². The summed E-state index contributed by atoms with van der Waals surface area (Å²) in [4.78, 5) is 7.89. The van der Waals surface area contributed by atoms with E-state index in [0.29, 0.717) is 31.1 Å². The number of fused-ring (bicyclic) bond motifs is 5. The average Bonchev–Trinajstić information content (AvgIpc) is 3.39. The Kier molecular flexibility index (Phi) is 6.24. The lowest BCUT2D eigenvalue weighted by Crippen LogP contribution is -2.38. The summed E-state index contributed by atoms with van der Waals surface area (Å²) in [6.07, 6.45) is -3.84. The Morgan fingerprint density at radius 2 is 1.87 bits per heavy atom. The molecule has 0 saturated carbocycles. The molecule has 4 heterocycles. The highest BCUT2D eigenvalue weighted by Crippen LogP contribution is 2.41. The zero-order valence-electron chi connectivity index (χ0n) is 20.0. The third-order valence-corrected chi connectivity index (χ3v) is 8.53. The summed E-state index contributed by atoms with van der Waals surface area (Å²) in [5.41, 5.74) is 2.98. The minimum atomic E-state index is -4.48. The minimum absolute atomic E-state index is 0.0596. The molecule has 2 aliphatic heterocycles. The Morgan fingerprint density at radius 3 is 2.66 bits per heavy atom. The van der Waals surface area contributed by atoms with Crippen molar-refractivity contribution in [1.29, 1.82) is 0 Å². The molecule has 0 atom stereocenters. The van der Waals surface area contributed by atoms with E-state index in [2.05, 4.69) is 15.5 Å². The van der Waals surface area contributed by atoms with Gasteiger partial charge in [0.15, 0.2) is 10.9 Å². The van der Waals surface area contributed by atoms with Gasteiger partial charge in [0, 0.05) is 27.6 Å². The smallest absolute Gasteiger partial charge is 0.344 e. The Balaban J connectivity index is 1.38. The van der Waals surface area contributed by atoms with Crippen molar-refractivity contribution in [3.63, 3.8) is 0 Å². The number of thiophene rings is 1. The lowest BCUT2D eigenvalue weighted by Gasteiger charge is -2.30. The standard InChI is InChI=1S/C26H20ClF3N6S2/c1-14-33-34-21-12-31-23(15-6-2-4-8-18(15)27)22-16-10-11-35(13-20(16)38-24(22)36(14)21)25(37)32-19-9-5-3-7-17(19)26(28,29)30/h2-9H,10-13H2,1H3,(H,32,37). The molecule has 0 fully saturated rings. The van der Waals surface area contributed by atoms with Gasteiger partial charge in [0.1, 0.15) is 17.4 Å². The number of rotatable bonds is 2. The first-order valence-corrected chi connectivity index (χ1v) is 13.4. The van der Waals surface area contributed by atoms with Crippen molar-refractivity contribution in [3.8, 4) is 5.00 Å². The molecular weight excluding hydrogens is 553 g/mol. The highest BCUT2D eigenvalue weighted by Gasteiger charge is 2.35. The van der Waals surface area contributed by atoms with Gasteiger partial charge in [0.2, 0.25) is 0 Å². The quantitative estimate of drug-likeness (QED) is 0.281. The largest absolute Gasteiger partial charge is 0.418 e. The minimum Gasteiger partial charge on any atom is -0.344 e. The second-order valence-electron chi connectivity index (χ2n) is 8.97. The number of benzene rings is 2. The molecule has 2 aliphatic rings. The van der Waals surface area contributed by atoms with Gasteiger partial charge in [-0.15, -0.1) is 21.5 Å². The fourth-order valence-electron chi connectivity index (χ4n) is 4.87. The number of halogens is 4. The molecule has 12 heteroatoms. The second-order valence-corrected chi connectivity index (χ2v) is 10.9. The third kappa shape index (κ3) is 4.28. The molecule has 0 spiro atoms. The van der Waals surface area contributed by atoms with Crippen molar-refractivity contribution in [2.24, 2.45) is 4.99 Å². The highest BCUT2D eigenvalue weighted by molar-refractivity contribution is 7.80. The van der Waals surface area contributed by atoms with Crippen LogP contribution in [0.5, 0.6) is 0 Å². The number of aromatic nitrogens is 3. The first-order valence-electron chi connectivity index (χ1n) is 11.8. The zero-order chi connectivity index (χ0) is 26.6. The van der Waals surface area contributed by atoms with Crippen LogP contribution in [0.4, 0.5) is 18.9 Å². The lowest BCUT2D eigenvalue weighted by molar-refractivity contribution is -0.136. The number of hydrogen-bond donors (Lipinski definition) is 1. The number of para-hydroxylation sites is 1. The van der Waals surface area contributed by atoms with Gasteiger partial charge >= 0.3 is 6.18 Å². The maximum absolute atomic E-state index is 13.5. The van der Waals surface area contributed by atoms with E-state index in [9.17, 15) is 13.2 Å². The molecule has 4 aromatic rings. The summed E-state index contributed by atoms with van der Waals surface area (Å²) in [6, 6.07) is 13.0. The number of thiocarbonyl (C=S) groups is 1. The van der Waals surface area contributed by atoms with Gasteiger partial charge in [-0.05, 0) is 49.3 Å². The highest BCUT2D eigenvalue weighted by atomic mass is 35.5. The van der Waals surface area contributed by atoms with Crippen LogP contribution in [0.3, 0.4) is 0 Å². The molecular formula is C26H20ClF3N6S2. The van der Waals surface area contributed by atoms with Crippen LogP contribution in [0.15, 0.2) is 53.5 Å². The maximum atomic E-state index is 13.5. The number of nitrogens with zero attached hydrogens (tertiary/aromatic N) is 5. The summed E-state index contributed by atoms with van der Waals surface area (Å²) < 4.78 is 42.6. The van der Waals surface area contributed by atoms with E-state index in [0.717, 1.165) is 50.0 Å². The van der Waals surface area contributed by atoms with E-state index in [1.54, 1.807) is 17.4 Å². The van der Waals surface area contributed by atoms with E-state index in [4.69, 9.17) is 28.8 Å². The van der Waals surface area contributed by atoms with Crippen LogP contribution in [-0.2, 0) is 25.7 Å². The summed E-state index contributed by atoms with van der Waals surface area (Å²) in [7, 11) is 0. The van der Waals surface area contributed by atoms with Crippen molar-refractivity contribution in [2.75, 3.05) is 11.9 Å². The lowest BCUT2D eigenvalue weighted by atomic mass is 9.95. The summed E-state index contributed by atoms with van der Waals surface area (Å²) in [5.74, 6) is 1.50. The van der Waals surface area contributed by atoms with Crippen molar-refractivity contribution in [3.05, 3.63) is 92.3 Å². The van der Waals surface area contributed by atoms with Crippen molar-refractivity contribution in [2.45, 2.75) is 32.6 Å². The Morgan fingerprint density at radius 1 is 1.11 bits per heavy atom. The fraction of sp³-hybridized carbons (Fsp3) is 0.231. The van der Waals surface area contributed by atoms with E-state index in [-0.39, 0.29) is 10.8 Å². The van der Waals surface area contributed by atoms with E-state index in [1.807, 2.05) is 40.7 Å². The first kappa shape index (κ1) is 25.0. The summed E-state index contributed by atoms with van der Waals surface area (Å²) >= 11 is 13.8. The van der Waals surface area contributed by atoms with Gasteiger partial charge in [-0.1, -0.05) is 41.9 Å². The van der Waals surface area contributed by atoms with Gasteiger partial charge in [0.05, 0.1) is 23.5 Å². The Labute approximate surface area is 230 Å². The normalized spacial score (nSPS) is 14.8. The molecule has 0 bridgehead atoms. The van der Waals surface area contributed by atoms with Gasteiger partial charge in [-0.3, -0.25) is 9.56 Å². The van der Waals surface area contributed by atoms with Gasteiger partial charge < -0.3 is 10.2 Å². The third-order valence-electron chi connectivity index (χ3n) is 6.64. The number of aliphatic imine (C=N–C) groups is 1. The predicted octanol–water partition coefficient (Wildman–Crippen LogP) is 6.42. The molecule has 0 amide bonds. The molecule has 2 aromatic heterocycles. The zero-order valence-corrected chi connectivity index (χ0v) is 22.4. The summed E-state index contributed by atoms with van der Waals surface area (Å²) in [6.45, 7) is 3.28. The van der Waals surface area contributed by atoms with Crippen LogP contribution in [-0.4, -0.2) is 37.0 Å². The molecule has 0 unspecified atom stereocenters. The van der Waals surface area contributed by atoms with Gasteiger partial charge in [0.25, 0.3) is 0 Å². The predicted molar refractivity (Wildman–Crippen MR) is 147 cm³/mol. The van der Waals surface area contributed by atoms with E-state index >= 15 is 0 Å². The molecule has 6 nitrogen and oxygen atoms in total. The average molecular weight is 573 g/mol. The van der Waals surface area contributed by atoms with Crippen molar-refractivity contribution in [1.82, 2.24) is 19.7 Å². The second kappa shape index (κ2) is 9.48. The summed E-state index contributed by atoms with van der Waals surface area (Å²) in [5, 5.41) is 13.3. The molecule has 1 N–H and O–H groups in total. The maximum Gasteiger partial charge on any atom is 0.418 e. The van der Waals surface area contributed by atoms with Crippen LogP contribution in [0.2, 0.25) is 5.02 Å². The van der Waals surface area contributed by atoms with Crippen molar-refractivity contribution < 1.29 is 13.2 Å². The number of alkyl halides is 3. The molecule has 0 aliphatic carbocycles. The SMILES string of the molecule is Cc1nnc2n1-c1sc3c(c1C(c1ccccc1Cl)=NC2)CCN(C(=S)Nc1ccccc1C(F)(F)F)C3. The molecule has 6 rings (SSSR count). The van der Waals surface area contributed by atoms with E-state index < -0.39 is 11.7 Å². The van der Waals surface area contributed by atoms with Crippen LogP contribution in [0.25, 0.3) is 5.00 Å². The Hall–Kier alpha value is -3.28. The molecule has 0 saturated heterocycles.